The van der Waals surface area contributed by atoms with Gasteiger partial charge in [0.15, 0.2) is 0 Å². The van der Waals surface area contributed by atoms with Gasteiger partial charge in [0.1, 0.15) is 5.82 Å². The van der Waals surface area contributed by atoms with Crippen molar-refractivity contribution in [2.24, 2.45) is 11.8 Å². The zero-order valence-corrected chi connectivity index (χ0v) is 9.26. The summed E-state index contributed by atoms with van der Waals surface area (Å²) >= 11 is 0. The minimum atomic E-state index is 0.296. The Morgan fingerprint density at radius 3 is 3.00 bits per heavy atom. The standard InChI is InChI=1S/C11H18N4O/c12-14-11-2-1-9(5-13-11)6-15-4-3-10(7-15)8-16/h1-2,5,10,16H,3-4,6-8,12H2,(H,13,14). The van der Waals surface area contributed by atoms with Crippen molar-refractivity contribution >= 4 is 5.82 Å². The summed E-state index contributed by atoms with van der Waals surface area (Å²) in [5.41, 5.74) is 3.68. The van der Waals surface area contributed by atoms with Crippen molar-refractivity contribution in [2.45, 2.75) is 13.0 Å². The number of aliphatic hydroxyl groups is 1. The third kappa shape index (κ3) is 2.69. The van der Waals surface area contributed by atoms with Crippen LogP contribution in [0.25, 0.3) is 0 Å². The number of nitrogens with two attached hydrogens (primary N) is 1. The highest BCUT2D eigenvalue weighted by molar-refractivity contribution is 5.33. The first-order chi connectivity index (χ1) is 7.81. The third-order valence-corrected chi connectivity index (χ3v) is 3.01. The number of rotatable bonds is 4. The van der Waals surface area contributed by atoms with E-state index >= 15 is 0 Å². The molecule has 88 valence electrons. The van der Waals surface area contributed by atoms with Gasteiger partial charge in [0, 0.05) is 25.9 Å². The van der Waals surface area contributed by atoms with Gasteiger partial charge in [-0.25, -0.2) is 10.8 Å². The largest absolute Gasteiger partial charge is 0.396 e. The van der Waals surface area contributed by atoms with E-state index in [4.69, 9.17) is 10.9 Å². The molecule has 1 fully saturated rings. The molecule has 0 aliphatic carbocycles. The molecule has 0 aromatic carbocycles. The Kier molecular flexibility index (Phi) is 3.71. The van der Waals surface area contributed by atoms with Crippen LogP contribution in [0.15, 0.2) is 18.3 Å². The Hall–Kier alpha value is -1.17. The number of anilines is 1. The maximum absolute atomic E-state index is 9.06. The minimum absolute atomic E-state index is 0.296. The number of nitrogen functional groups attached to an aromatic ring is 1. The van der Waals surface area contributed by atoms with Gasteiger partial charge < -0.3 is 10.5 Å². The predicted octanol–water partition coefficient (Wildman–Crippen LogP) is 0.181. The van der Waals surface area contributed by atoms with Gasteiger partial charge in [-0.1, -0.05) is 6.07 Å². The van der Waals surface area contributed by atoms with Crippen LogP contribution < -0.4 is 11.3 Å². The lowest BCUT2D eigenvalue weighted by Gasteiger charge is -2.15. The van der Waals surface area contributed by atoms with Gasteiger partial charge in [-0.3, -0.25) is 4.90 Å². The van der Waals surface area contributed by atoms with Gasteiger partial charge in [0.2, 0.25) is 0 Å². The molecule has 1 aliphatic heterocycles. The zero-order chi connectivity index (χ0) is 11.4. The topological polar surface area (TPSA) is 74.4 Å². The monoisotopic (exact) mass is 222 g/mol. The minimum Gasteiger partial charge on any atom is -0.396 e. The molecule has 0 saturated carbocycles. The van der Waals surface area contributed by atoms with E-state index in [-0.39, 0.29) is 0 Å². The first-order valence-corrected chi connectivity index (χ1v) is 5.56. The number of likely N-dealkylation sites (tertiary alicyclic amines) is 1. The summed E-state index contributed by atoms with van der Waals surface area (Å²) in [6, 6.07) is 3.89. The molecule has 1 unspecified atom stereocenters. The summed E-state index contributed by atoms with van der Waals surface area (Å²) < 4.78 is 0. The molecule has 5 heteroatoms. The van der Waals surface area contributed by atoms with Crippen LogP contribution in [0.2, 0.25) is 0 Å². The number of aliphatic hydroxyl groups excluding tert-OH is 1. The van der Waals surface area contributed by atoms with Crippen molar-refractivity contribution in [2.75, 3.05) is 25.1 Å². The van der Waals surface area contributed by atoms with Gasteiger partial charge in [0.05, 0.1) is 0 Å². The van der Waals surface area contributed by atoms with E-state index in [2.05, 4.69) is 15.3 Å². The van der Waals surface area contributed by atoms with E-state index in [0.717, 1.165) is 26.1 Å². The van der Waals surface area contributed by atoms with Crippen LogP contribution in [0, 0.1) is 5.92 Å². The van der Waals surface area contributed by atoms with Crippen molar-refractivity contribution in [1.82, 2.24) is 9.88 Å². The summed E-state index contributed by atoms with van der Waals surface area (Å²) in [7, 11) is 0. The molecule has 5 nitrogen and oxygen atoms in total. The van der Waals surface area contributed by atoms with Gasteiger partial charge >= 0.3 is 0 Å². The smallest absolute Gasteiger partial charge is 0.139 e. The molecule has 0 amide bonds. The Morgan fingerprint density at radius 2 is 2.44 bits per heavy atom. The maximum Gasteiger partial charge on any atom is 0.139 e. The molecular formula is C11H18N4O. The van der Waals surface area contributed by atoms with Crippen molar-refractivity contribution in [3.63, 3.8) is 0 Å². The van der Waals surface area contributed by atoms with Crippen molar-refractivity contribution in [3.8, 4) is 0 Å². The Labute approximate surface area is 95.2 Å². The summed E-state index contributed by atoms with van der Waals surface area (Å²) in [5.74, 6) is 6.37. The molecule has 4 N–H and O–H groups in total. The molecule has 1 aromatic heterocycles. The number of hydrazine groups is 1. The summed E-state index contributed by atoms with van der Waals surface area (Å²) in [6.07, 6.45) is 2.92. The summed E-state index contributed by atoms with van der Waals surface area (Å²) in [6.45, 7) is 3.23. The second-order valence-corrected chi connectivity index (χ2v) is 4.27. The number of hydrogen-bond acceptors (Lipinski definition) is 5. The van der Waals surface area contributed by atoms with Crippen LogP contribution >= 0.6 is 0 Å². The number of aromatic nitrogens is 1. The molecular weight excluding hydrogens is 204 g/mol. The highest BCUT2D eigenvalue weighted by Gasteiger charge is 2.21. The normalized spacial score (nSPS) is 21.2. The van der Waals surface area contributed by atoms with Crippen LogP contribution in [0.3, 0.4) is 0 Å². The Bertz CT molecular complexity index is 327. The molecule has 16 heavy (non-hydrogen) atoms. The van der Waals surface area contributed by atoms with Crippen LogP contribution in [-0.4, -0.2) is 34.7 Å². The second kappa shape index (κ2) is 5.25. The molecule has 1 saturated heterocycles. The number of nitrogens with one attached hydrogen (secondary N) is 1. The van der Waals surface area contributed by atoms with Crippen molar-refractivity contribution < 1.29 is 5.11 Å². The zero-order valence-electron chi connectivity index (χ0n) is 9.26. The van der Waals surface area contributed by atoms with E-state index < -0.39 is 0 Å². The number of nitrogens with zero attached hydrogens (tertiary/aromatic N) is 2. The third-order valence-electron chi connectivity index (χ3n) is 3.01. The highest BCUT2D eigenvalue weighted by Crippen LogP contribution is 2.18. The van der Waals surface area contributed by atoms with Crippen LogP contribution in [0.5, 0.6) is 0 Å². The fourth-order valence-electron chi connectivity index (χ4n) is 2.07. The number of pyridine rings is 1. The molecule has 1 aromatic rings. The quantitative estimate of drug-likeness (QED) is 0.500. The van der Waals surface area contributed by atoms with Crippen LogP contribution in [0.4, 0.5) is 5.82 Å². The summed E-state index contributed by atoms with van der Waals surface area (Å²) in [5, 5.41) is 9.06. The first kappa shape index (κ1) is 11.3. The molecule has 2 heterocycles. The van der Waals surface area contributed by atoms with E-state index in [1.165, 1.54) is 5.56 Å². The van der Waals surface area contributed by atoms with Crippen molar-refractivity contribution in [3.05, 3.63) is 23.9 Å². The predicted molar refractivity (Wildman–Crippen MR) is 62.5 cm³/mol. The Morgan fingerprint density at radius 1 is 1.56 bits per heavy atom. The Balaban J connectivity index is 1.89. The van der Waals surface area contributed by atoms with E-state index in [0.29, 0.717) is 18.3 Å². The average molecular weight is 222 g/mol. The maximum atomic E-state index is 9.06. The summed E-state index contributed by atoms with van der Waals surface area (Å²) in [4.78, 5) is 6.51. The average Bonchev–Trinajstić information content (AvgIpc) is 2.78. The van der Waals surface area contributed by atoms with Gasteiger partial charge in [-0.05, 0) is 30.5 Å². The lowest BCUT2D eigenvalue weighted by molar-refractivity contribution is 0.220. The number of hydrogen-bond donors (Lipinski definition) is 3. The molecule has 1 atom stereocenters. The lowest BCUT2D eigenvalue weighted by Crippen LogP contribution is -2.21. The lowest BCUT2D eigenvalue weighted by atomic mass is 10.1. The highest BCUT2D eigenvalue weighted by atomic mass is 16.3. The molecule has 0 radical (unpaired) electrons. The molecule has 1 aliphatic rings. The first-order valence-electron chi connectivity index (χ1n) is 5.56. The van der Waals surface area contributed by atoms with Crippen LogP contribution in [0.1, 0.15) is 12.0 Å². The van der Waals surface area contributed by atoms with E-state index in [1.807, 2.05) is 18.3 Å². The van der Waals surface area contributed by atoms with Gasteiger partial charge in [0.25, 0.3) is 0 Å². The van der Waals surface area contributed by atoms with Gasteiger partial charge in [-0.15, -0.1) is 0 Å². The van der Waals surface area contributed by atoms with Gasteiger partial charge in [-0.2, -0.15) is 0 Å². The van der Waals surface area contributed by atoms with E-state index in [1.54, 1.807) is 0 Å². The molecule has 0 spiro atoms. The molecule has 2 rings (SSSR count). The fraction of sp³-hybridized carbons (Fsp3) is 0.545. The fourth-order valence-corrected chi connectivity index (χ4v) is 2.07. The van der Waals surface area contributed by atoms with Crippen LogP contribution in [-0.2, 0) is 6.54 Å². The SMILES string of the molecule is NNc1ccc(CN2CCC(CO)C2)cn1. The van der Waals surface area contributed by atoms with Crippen molar-refractivity contribution in [1.29, 1.82) is 0 Å². The second-order valence-electron chi connectivity index (χ2n) is 4.27. The molecule has 0 bridgehead atoms. The van der Waals surface area contributed by atoms with E-state index in [9.17, 15) is 0 Å².